The Balaban J connectivity index is 2.46. The SMILES string of the molecule is CNCC(O)C(O)c1cc(C(=O)OC)c2cc[nH]c2c1. The smallest absolute Gasteiger partial charge is 0.338 e. The molecule has 2 aromatic rings. The van der Waals surface area contributed by atoms with Crippen LogP contribution in [0.4, 0.5) is 0 Å². The van der Waals surface area contributed by atoms with Gasteiger partial charge in [0, 0.05) is 23.6 Å². The number of carbonyl (C=O) groups excluding carboxylic acids is 1. The van der Waals surface area contributed by atoms with Crippen LogP contribution in [0.15, 0.2) is 24.4 Å². The van der Waals surface area contributed by atoms with Gasteiger partial charge in [-0.3, -0.25) is 0 Å². The minimum absolute atomic E-state index is 0.248. The van der Waals surface area contributed by atoms with E-state index in [1.54, 1.807) is 31.4 Å². The molecule has 4 N–H and O–H groups in total. The molecular formula is C14H18N2O4. The molecule has 0 aliphatic carbocycles. The van der Waals surface area contributed by atoms with Gasteiger partial charge in [0.15, 0.2) is 0 Å². The number of methoxy groups -OCH3 is 1. The van der Waals surface area contributed by atoms with Gasteiger partial charge in [0.2, 0.25) is 0 Å². The zero-order valence-corrected chi connectivity index (χ0v) is 11.4. The molecule has 20 heavy (non-hydrogen) atoms. The average Bonchev–Trinajstić information content (AvgIpc) is 2.93. The van der Waals surface area contributed by atoms with Crippen LogP contribution in [0.3, 0.4) is 0 Å². The zero-order chi connectivity index (χ0) is 14.7. The van der Waals surface area contributed by atoms with Crippen molar-refractivity contribution in [2.24, 2.45) is 0 Å². The summed E-state index contributed by atoms with van der Waals surface area (Å²) in [5.74, 6) is -0.480. The summed E-state index contributed by atoms with van der Waals surface area (Å²) in [6.45, 7) is 0.248. The molecule has 0 amide bonds. The van der Waals surface area contributed by atoms with Gasteiger partial charge >= 0.3 is 5.97 Å². The summed E-state index contributed by atoms with van der Waals surface area (Å²) in [6.07, 6.45) is -0.339. The lowest BCUT2D eigenvalue weighted by Gasteiger charge is -2.18. The molecule has 0 aliphatic rings. The number of benzene rings is 1. The third-order valence-corrected chi connectivity index (χ3v) is 3.22. The topological polar surface area (TPSA) is 94.6 Å². The van der Waals surface area contributed by atoms with E-state index < -0.39 is 18.2 Å². The lowest BCUT2D eigenvalue weighted by molar-refractivity contribution is 0.0202. The first-order valence-corrected chi connectivity index (χ1v) is 6.28. The molecule has 0 fully saturated rings. The highest BCUT2D eigenvalue weighted by Gasteiger charge is 2.21. The lowest BCUT2D eigenvalue weighted by atomic mass is 9.99. The second-order valence-electron chi connectivity index (χ2n) is 4.57. The summed E-state index contributed by atoms with van der Waals surface area (Å²) in [6, 6.07) is 5.03. The molecule has 6 heteroatoms. The maximum absolute atomic E-state index is 11.8. The predicted octanol–water partition coefficient (Wildman–Crippen LogP) is 0.568. The van der Waals surface area contributed by atoms with Gasteiger partial charge in [0.25, 0.3) is 0 Å². The molecule has 0 saturated heterocycles. The summed E-state index contributed by atoms with van der Waals surface area (Å²) in [7, 11) is 2.99. The predicted molar refractivity (Wildman–Crippen MR) is 74.5 cm³/mol. The second kappa shape index (κ2) is 6.04. The third kappa shape index (κ3) is 2.67. The second-order valence-corrected chi connectivity index (χ2v) is 4.57. The van der Waals surface area contributed by atoms with Crippen molar-refractivity contribution in [1.82, 2.24) is 10.3 Å². The summed E-state index contributed by atoms with van der Waals surface area (Å²) >= 11 is 0. The Labute approximate surface area is 116 Å². The number of fused-ring (bicyclic) bond motifs is 1. The monoisotopic (exact) mass is 278 g/mol. The number of H-pyrrole nitrogens is 1. The molecule has 0 radical (unpaired) electrons. The molecular weight excluding hydrogens is 260 g/mol. The van der Waals surface area contributed by atoms with Crippen LogP contribution in [0.1, 0.15) is 22.0 Å². The number of aromatic amines is 1. The minimum atomic E-state index is -1.08. The van der Waals surface area contributed by atoms with Gasteiger partial charge in [-0.05, 0) is 30.8 Å². The van der Waals surface area contributed by atoms with Crippen molar-refractivity contribution in [2.45, 2.75) is 12.2 Å². The van der Waals surface area contributed by atoms with Gasteiger partial charge in [-0.1, -0.05) is 0 Å². The number of aliphatic hydroxyl groups excluding tert-OH is 2. The number of hydrogen-bond acceptors (Lipinski definition) is 5. The number of aliphatic hydroxyl groups is 2. The van der Waals surface area contributed by atoms with Crippen LogP contribution in [-0.4, -0.2) is 48.0 Å². The van der Waals surface area contributed by atoms with E-state index in [9.17, 15) is 15.0 Å². The van der Waals surface area contributed by atoms with E-state index in [0.29, 0.717) is 16.6 Å². The Morgan fingerprint density at radius 2 is 2.20 bits per heavy atom. The molecule has 1 aromatic heterocycles. The summed E-state index contributed by atoms with van der Waals surface area (Å²) < 4.78 is 4.75. The van der Waals surface area contributed by atoms with E-state index in [-0.39, 0.29) is 6.54 Å². The fraction of sp³-hybridized carbons (Fsp3) is 0.357. The average molecular weight is 278 g/mol. The highest BCUT2D eigenvalue weighted by atomic mass is 16.5. The van der Waals surface area contributed by atoms with Crippen LogP contribution >= 0.6 is 0 Å². The number of rotatable bonds is 5. The van der Waals surface area contributed by atoms with Crippen LogP contribution in [0.5, 0.6) is 0 Å². The quantitative estimate of drug-likeness (QED) is 0.600. The standard InChI is InChI=1S/C14H18N2O4/c1-15-7-12(17)13(18)8-5-10(14(19)20-2)9-3-4-16-11(9)6-8/h3-6,12-13,15-18H,7H2,1-2H3. The van der Waals surface area contributed by atoms with E-state index in [0.717, 1.165) is 5.39 Å². The van der Waals surface area contributed by atoms with Gasteiger partial charge in [0.1, 0.15) is 6.10 Å². The van der Waals surface area contributed by atoms with Crippen molar-refractivity contribution in [3.8, 4) is 0 Å². The van der Waals surface area contributed by atoms with Gasteiger partial charge < -0.3 is 25.3 Å². The maximum Gasteiger partial charge on any atom is 0.338 e. The van der Waals surface area contributed by atoms with Gasteiger partial charge in [-0.15, -0.1) is 0 Å². The molecule has 0 spiro atoms. The van der Waals surface area contributed by atoms with E-state index >= 15 is 0 Å². The fourth-order valence-electron chi connectivity index (χ4n) is 2.18. The first kappa shape index (κ1) is 14.5. The molecule has 2 unspecified atom stereocenters. The van der Waals surface area contributed by atoms with Crippen molar-refractivity contribution in [2.75, 3.05) is 20.7 Å². The van der Waals surface area contributed by atoms with Crippen LogP contribution in [-0.2, 0) is 4.74 Å². The Morgan fingerprint density at radius 3 is 2.85 bits per heavy atom. The van der Waals surface area contributed by atoms with Crippen molar-refractivity contribution < 1.29 is 19.7 Å². The summed E-state index contributed by atoms with van der Waals surface area (Å²) in [5.41, 5.74) is 1.53. The molecule has 1 heterocycles. The molecule has 6 nitrogen and oxygen atoms in total. The van der Waals surface area contributed by atoms with Gasteiger partial charge in [0.05, 0.1) is 18.8 Å². The van der Waals surface area contributed by atoms with Gasteiger partial charge in [-0.25, -0.2) is 4.79 Å². The lowest BCUT2D eigenvalue weighted by Crippen LogP contribution is -2.29. The van der Waals surface area contributed by atoms with Crippen molar-refractivity contribution in [3.05, 3.63) is 35.5 Å². The highest BCUT2D eigenvalue weighted by molar-refractivity contribution is 6.04. The molecule has 1 aromatic carbocycles. The number of hydrogen-bond donors (Lipinski definition) is 4. The number of ether oxygens (including phenoxy) is 1. The van der Waals surface area contributed by atoms with E-state index in [1.807, 2.05) is 0 Å². The molecule has 108 valence electrons. The number of aromatic nitrogens is 1. The molecule has 0 saturated carbocycles. The zero-order valence-electron chi connectivity index (χ0n) is 11.4. The number of likely N-dealkylation sites (N-methyl/N-ethyl adjacent to an activating group) is 1. The van der Waals surface area contributed by atoms with Crippen LogP contribution < -0.4 is 5.32 Å². The van der Waals surface area contributed by atoms with Crippen LogP contribution in [0.25, 0.3) is 10.9 Å². The highest BCUT2D eigenvalue weighted by Crippen LogP contribution is 2.26. The number of nitrogens with one attached hydrogen (secondary N) is 2. The molecule has 0 aliphatic heterocycles. The largest absolute Gasteiger partial charge is 0.465 e. The van der Waals surface area contributed by atoms with E-state index in [4.69, 9.17) is 4.74 Å². The Kier molecular flexibility index (Phi) is 4.39. The first-order valence-electron chi connectivity index (χ1n) is 6.28. The third-order valence-electron chi connectivity index (χ3n) is 3.22. The maximum atomic E-state index is 11.8. The van der Waals surface area contributed by atoms with Gasteiger partial charge in [-0.2, -0.15) is 0 Å². The Morgan fingerprint density at radius 1 is 1.45 bits per heavy atom. The number of carbonyl (C=O) groups is 1. The van der Waals surface area contributed by atoms with Crippen LogP contribution in [0.2, 0.25) is 0 Å². The van der Waals surface area contributed by atoms with Crippen LogP contribution in [0, 0.1) is 0 Å². The Hall–Kier alpha value is -1.89. The number of esters is 1. The van der Waals surface area contributed by atoms with Crippen molar-refractivity contribution in [1.29, 1.82) is 0 Å². The summed E-state index contributed by atoms with van der Waals surface area (Å²) in [4.78, 5) is 14.8. The van der Waals surface area contributed by atoms with Crippen molar-refractivity contribution in [3.63, 3.8) is 0 Å². The molecule has 2 rings (SSSR count). The minimum Gasteiger partial charge on any atom is -0.465 e. The first-order chi connectivity index (χ1) is 9.58. The normalized spacial score (nSPS) is 14.2. The fourth-order valence-corrected chi connectivity index (χ4v) is 2.18. The summed E-state index contributed by atoms with van der Waals surface area (Å²) in [5, 5.41) is 23.5. The molecule has 2 atom stereocenters. The van der Waals surface area contributed by atoms with E-state index in [2.05, 4.69) is 10.3 Å². The Bertz CT molecular complexity index is 608. The van der Waals surface area contributed by atoms with E-state index in [1.165, 1.54) is 7.11 Å². The molecule has 0 bridgehead atoms. The van der Waals surface area contributed by atoms with Crippen molar-refractivity contribution >= 4 is 16.9 Å².